The van der Waals surface area contributed by atoms with Gasteiger partial charge in [0.05, 0.1) is 22.7 Å². The number of hydrogen-bond acceptors (Lipinski definition) is 4. The van der Waals surface area contributed by atoms with Crippen molar-refractivity contribution in [2.75, 3.05) is 12.4 Å². The fourth-order valence-electron chi connectivity index (χ4n) is 3.26. The van der Waals surface area contributed by atoms with E-state index in [4.69, 9.17) is 21.3 Å². The molecule has 1 aromatic heterocycles. The van der Waals surface area contributed by atoms with Crippen LogP contribution in [0, 0.1) is 6.92 Å². The lowest BCUT2D eigenvalue weighted by Gasteiger charge is -2.22. The maximum absolute atomic E-state index is 13.2. The van der Waals surface area contributed by atoms with Crippen LogP contribution in [0.1, 0.15) is 24.8 Å². The van der Waals surface area contributed by atoms with Crippen molar-refractivity contribution in [3.63, 3.8) is 0 Å². The molecular formula is C21H21ClN2O2S. The second-order valence-corrected chi connectivity index (χ2v) is 8.26. The minimum Gasteiger partial charge on any atom is -0.377 e. The Balaban J connectivity index is 1.79. The minimum absolute atomic E-state index is 0.0763. The first-order valence-electron chi connectivity index (χ1n) is 9.15. The van der Waals surface area contributed by atoms with Gasteiger partial charge in [-0.05, 0) is 56.5 Å². The Bertz CT molecular complexity index is 1010. The molecule has 1 atom stereocenters. The van der Waals surface area contributed by atoms with Crippen LogP contribution >= 0.6 is 23.4 Å². The van der Waals surface area contributed by atoms with E-state index in [0.29, 0.717) is 21.1 Å². The Morgan fingerprint density at radius 1 is 1.22 bits per heavy atom. The maximum Gasteiger partial charge on any atom is 0.266 e. The van der Waals surface area contributed by atoms with Crippen molar-refractivity contribution < 1.29 is 4.74 Å². The quantitative estimate of drug-likeness (QED) is 0.456. The van der Waals surface area contributed by atoms with Gasteiger partial charge in [0.25, 0.3) is 5.56 Å². The normalized spacial score (nSPS) is 17.3. The number of ether oxygens (including phenoxy) is 1. The zero-order valence-corrected chi connectivity index (χ0v) is 16.7. The molecule has 0 spiro atoms. The summed E-state index contributed by atoms with van der Waals surface area (Å²) in [5.41, 5.74) is 2.52. The van der Waals surface area contributed by atoms with Crippen LogP contribution in [0.4, 0.5) is 0 Å². The van der Waals surface area contributed by atoms with Crippen molar-refractivity contribution in [2.24, 2.45) is 0 Å². The molecule has 1 saturated heterocycles. The highest BCUT2D eigenvalue weighted by molar-refractivity contribution is 7.99. The van der Waals surface area contributed by atoms with E-state index in [9.17, 15) is 4.79 Å². The fourth-order valence-corrected chi connectivity index (χ4v) is 4.51. The van der Waals surface area contributed by atoms with Crippen LogP contribution in [-0.2, 0) is 4.74 Å². The second kappa shape index (κ2) is 8.05. The van der Waals surface area contributed by atoms with Gasteiger partial charge in [0.2, 0.25) is 0 Å². The van der Waals surface area contributed by atoms with Crippen LogP contribution in [-0.4, -0.2) is 28.0 Å². The van der Waals surface area contributed by atoms with Crippen molar-refractivity contribution in [3.8, 4) is 5.69 Å². The van der Waals surface area contributed by atoms with Crippen molar-refractivity contribution in [1.82, 2.24) is 9.55 Å². The van der Waals surface area contributed by atoms with Crippen molar-refractivity contribution in [3.05, 3.63) is 63.4 Å². The highest BCUT2D eigenvalue weighted by atomic mass is 35.5. The largest absolute Gasteiger partial charge is 0.377 e. The summed E-state index contributed by atoms with van der Waals surface area (Å²) < 4.78 is 7.54. The van der Waals surface area contributed by atoms with Crippen LogP contribution in [0.2, 0.25) is 5.02 Å². The Morgan fingerprint density at radius 2 is 2.04 bits per heavy atom. The number of thioether (sulfide) groups is 1. The molecule has 4 rings (SSSR count). The summed E-state index contributed by atoms with van der Waals surface area (Å²) in [6.45, 7) is 2.85. The number of nitrogens with zero attached hydrogens (tertiary/aromatic N) is 2. The molecule has 0 N–H and O–H groups in total. The Kier molecular flexibility index (Phi) is 5.53. The molecule has 0 bridgehead atoms. The smallest absolute Gasteiger partial charge is 0.266 e. The van der Waals surface area contributed by atoms with Gasteiger partial charge in [0.1, 0.15) is 0 Å². The van der Waals surface area contributed by atoms with Crippen molar-refractivity contribution in [2.45, 2.75) is 37.4 Å². The molecule has 2 heterocycles. The number of benzene rings is 2. The van der Waals surface area contributed by atoms with E-state index < -0.39 is 0 Å². The Labute approximate surface area is 167 Å². The average Bonchev–Trinajstić information content (AvgIpc) is 2.68. The maximum atomic E-state index is 13.2. The molecule has 0 amide bonds. The minimum atomic E-state index is -0.0763. The van der Waals surface area contributed by atoms with Crippen LogP contribution < -0.4 is 5.56 Å². The topological polar surface area (TPSA) is 44.1 Å². The van der Waals surface area contributed by atoms with E-state index in [1.54, 1.807) is 34.5 Å². The van der Waals surface area contributed by atoms with Crippen molar-refractivity contribution in [1.29, 1.82) is 0 Å². The number of fused-ring (bicyclic) bond motifs is 1. The third-order valence-corrected chi connectivity index (χ3v) is 6.07. The first-order valence-corrected chi connectivity index (χ1v) is 10.5. The Morgan fingerprint density at radius 3 is 2.78 bits per heavy atom. The summed E-state index contributed by atoms with van der Waals surface area (Å²) in [5.74, 6) is 0.782. The number of aryl methyl sites for hydroxylation is 1. The van der Waals surface area contributed by atoms with Gasteiger partial charge in [-0.2, -0.15) is 0 Å². The van der Waals surface area contributed by atoms with E-state index >= 15 is 0 Å². The molecule has 4 nitrogen and oxygen atoms in total. The van der Waals surface area contributed by atoms with E-state index in [-0.39, 0.29) is 11.7 Å². The molecule has 6 heteroatoms. The molecule has 140 valence electrons. The van der Waals surface area contributed by atoms with Gasteiger partial charge < -0.3 is 4.74 Å². The van der Waals surface area contributed by atoms with Crippen LogP contribution in [0.5, 0.6) is 0 Å². The molecule has 1 aliphatic heterocycles. The summed E-state index contributed by atoms with van der Waals surface area (Å²) in [6.07, 6.45) is 3.59. The van der Waals surface area contributed by atoms with Crippen LogP contribution in [0.15, 0.2) is 52.4 Å². The Hall–Kier alpha value is -1.82. The summed E-state index contributed by atoms with van der Waals surface area (Å²) in [7, 11) is 0. The third kappa shape index (κ3) is 4.05. The molecule has 3 aromatic rings. The summed E-state index contributed by atoms with van der Waals surface area (Å²) in [6, 6.07) is 13.2. The third-order valence-electron chi connectivity index (χ3n) is 4.77. The van der Waals surface area contributed by atoms with Gasteiger partial charge in [-0.25, -0.2) is 4.98 Å². The molecule has 0 aliphatic carbocycles. The van der Waals surface area contributed by atoms with Gasteiger partial charge >= 0.3 is 0 Å². The zero-order chi connectivity index (χ0) is 18.8. The van der Waals surface area contributed by atoms with Gasteiger partial charge in [-0.1, -0.05) is 41.1 Å². The monoisotopic (exact) mass is 400 g/mol. The highest BCUT2D eigenvalue weighted by Crippen LogP contribution is 2.26. The predicted octanol–water partition coefficient (Wildman–Crippen LogP) is 5.01. The second-order valence-electron chi connectivity index (χ2n) is 6.83. The average molecular weight is 401 g/mol. The molecule has 0 radical (unpaired) electrons. The molecular weight excluding hydrogens is 380 g/mol. The van der Waals surface area contributed by atoms with Crippen LogP contribution in [0.3, 0.4) is 0 Å². The number of aromatic nitrogens is 2. The first-order chi connectivity index (χ1) is 13.1. The van der Waals surface area contributed by atoms with Gasteiger partial charge in [0, 0.05) is 17.4 Å². The lowest BCUT2D eigenvalue weighted by atomic mass is 10.1. The van der Waals surface area contributed by atoms with Crippen LogP contribution in [0.25, 0.3) is 16.6 Å². The number of hydrogen-bond donors (Lipinski definition) is 0. The molecule has 0 unspecified atom stereocenters. The summed E-state index contributed by atoms with van der Waals surface area (Å²) in [4.78, 5) is 18.0. The molecule has 1 fully saturated rings. The highest BCUT2D eigenvalue weighted by Gasteiger charge is 2.18. The number of rotatable bonds is 4. The molecule has 27 heavy (non-hydrogen) atoms. The SMILES string of the molecule is Cc1ccc(-n2c(SC[C@@H]3CCCCO3)nc3cc(Cl)ccc3c2=O)cc1. The first kappa shape index (κ1) is 18.5. The van der Waals surface area contributed by atoms with E-state index in [0.717, 1.165) is 36.5 Å². The van der Waals surface area contributed by atoms with E-state index in [2.05, 4.69) is 0 Å². The molecule has 1 aliphatic rings. The van der Waals surface area contributed by atoms with Crippen molar-refractivity contribution >= 4 is 34.3 Å². The van der Waals surface area contributed by atoms with Gasteiger partial charge in [-0.3, -0.25) is 9.36 Å². The summed E-state index contributed by atoms with van der Waals surface area (Å²) in [5, 5.41) is 1.82. The molecule has 2 aromatic carbocycles. The lowest BCUT2D eigenvalue weighted by molar-refractivity contribution is 0.0315. The molecule has 0 saturated carbocycles. The van der Waals surface area contributed by atoms with Gasteiger partial charge in [-0.15, -0.1) is 0 Å². The number of halogens is 1. The van der Waals surface area contributed by atoms with E-state index in [1.165, 1.54) is 6.42 Å². The zero-order valence-electron chi connectivity index (χ0n) is 15.2. The fraction of sp³-hybridized carbons (Fsp3) is 0.333. The van der Waals surface area contributed by atoms with Gasteiger partial charge in [0.15, 0.2) is 5.16 Å². The summed E-state index contributed by atoms with van der Waals surface area (Å²) >= 11 is 7.69. The lowest BCUT2D eigenvalue weighted by Crippen LogP contribution is -2.24. The predicted molar refractivity (Wildman–Crippen MR) is 111 cm³/mol. The van der Waals surface area contributed by atoms with E-state index in [1.807, 2.05) is 31.2 Å². The standard InChI is InChI=1S/C21H21ClN2O2S/c1-14-5-8-16(9-6-14)24-20(25)18-10-7-15(22)12-19(18)23-21(24)27-13-17-4-2-3-11-26-17/h5-10,12,17H,2-4,11,13H2,1H3/t17-/m0/s1.